The minimum Gasteiger partial charge on any atom is -0.545 e. The Morgan fingerprint density at radius 1 is 0.923 bits per heavy atom. The molecule has 0 radical (unpaired) electrons. The Balaban J connectivity index is 2.31. The second-order valence-electron chi connectivity index (χ2n) is 8.74. The molecule has 7 nitrogen and oxygen atoms in total. The van der Waals surface area contributed by atoms with Crippen LogP contribution >= 0.6 is 0 Å². The Labute approximate surface area is 156 Å². The van der Waals surface area contributed by atoms with Crippen LogP contribution in [0.4, 0.5) is 0 Å². The van der Waals surface area contributed by atoms with Crippen molar-refractivity contribution in [2.24, 2.45) is 11.8 Å². The van der Waals surface area contributed by atoms with E-state index in [2.05, 4.69) is 44.0 Å². The molecule has 2 atom stereocenters. The molecule has 0 spiro atoms. The number of ether oxygens (including phenoxy) is 1. The summed E-state index contributed by atoms with van der Waals surface area (Å²) in [7, 11) is -2.56. The van der Waals surface area contributed by atoms with Crippen LogP contribution in [0, 0.1) is 11.8 Å². The molecule has 0 bridgehead atoms. The maximum Gasteiger partial charge on any atom is 0.325 e. The normalized spacial score (nSPS) is 23.9. The van der Waals surface area contributed by atoms with Crippen LogP contribution in [0.25, 0.3) is 0 Å². The molecule has 1 saturated heterocycles. The zero-order valence-corrected chi connectivity index (χ0v) is 18.7. The molecule has 0 aromatic rings. The van der Waals surface area contributed by atoms with E-state index in [4.69, 9.17) is 8.85 Å². The summed E-state index contributed by atoms with van der Waals surface area (Å²) in [5.41, 5.74) is 0. The van der Waals surface area contributed by atoms with Crippen molar-refractivity contribution in [1.82, 2.24) is 4.90 Å². The van der Waals surface area contributed by atoms with Crippen LogP contribution in [0.3, 0.4) is 0 Å². The van der Waals surface area contributed by atoms with Crippen LogP contribution in [-0.2, 0) is 28.0 Å². The third-order valence-electron chi connectivity index (χ3n) is 4.15. The van der Waals surface area contributed by atoms with Gasteiger partial charge in [0.25, 0.3) is 0 Å². The van der Waals surface area contributed by atoms with Crippen LogP contribution in [0.15, 0.2) is 11.5 Å². The predicted molar refractivity (Wildman–Crippen MR) is 101 cm³/mol. The number of methoxy groups -OCH3 is 1. The van der Waals surface area contributed by atoms with E-state index in [1.54, 1.807) is 0 Å². The first-order valence-corrected chi connectivity index (χ1v) is 15.7. The van der Waals surface area contributed by atoms with Crippen molar-refractivity contribution in [3.05, 3.63) is 11.5 Å². The summed E-state index contributed by atoms with van der Waals surface area (Å²) in [6.45, 7) is 12.1. The fraction of sp³-hybridized carbons (Fsp3) is 0.706. The van der Waals surface area contributed by atoms with Crippen LogP contribution in [-0.4, -0.2) is 53.0 Å². The summed E-state index contributed by atoms with van der Waals surface area (Å²) in [5.74, 6) is -0.832. The van der Waals surface area contributed by atoms with Crippen LogP contribution in [0.1, 0.15) is 12.8 Å². The van der Waals surface area contributed by atoms with Crippen molar-refractivity contribution in [3.8, 4) is 0 Å². The number of esters is 1. The Hall–Kier alpha value is -1.62. The van der Waals surface area contributed by atoms with E-state index in [1.807, 2.05) is 0 Å². The second-order valence-corrected chi connectivity index (χ2v) is 17.6. The third kappa shape index (κ3) is 4.76. The Kier molecular flexibility index (Phi) is 5.72. The third-order valence-corrected chi connectivity index (χ3v) is 5.86. The monoisotopic (exact) mass is 399 g/mol. The minimum absolute atomic E-state index is 0.325. The smallest absolute Gasteiger partial charge is 0.325 e. The zero-order valence-electron chi connectivity index (χ0n) is 16.7. The first-order valence-electron chi connectivity index (χ1n) is 8.84. The average Bonchev–Trinajstić information content (AvgIpc) is 2.69. The van der Waals surface area contributed by atoms with E-state index in [9.17, 15) is 14.4 Å². The summed E-state index contributed by atoms with van der Waals surface area (Å²) >= 11 is 0. The fourth-order valence-corrected chi connectivity index (χ4v) is 5.10. The van der Waals surface area contributed by atoms with Crippen molar-refractivity contribution in [2.45, 2.75) is 52.1 Å². The average molecular weight is 400 g/mol. The number of hydrogen-bond donors (Lipinski definition) is 0. The van der Waals surface area contributed by atoms with Crippen LogP contribution in [0.5, 0.6) is 0 Å². The maximum absolute atomic E-state index is 12.7. The maximum atomic E-state index is 12.7. The van der Waals surface area contributed by atoms with Crippen molar-refractivity contribution < 1.29 is 28.0 Å². The topological polar surface area (TPSA) is 82.1 Å². The molecule has 0 aromatic carbocycles. The number of hydrogen-bond acceptors (Lipinski definition) is 6. The highest BCUT2D eigenvalue weighted by atomic mass is 28.4. The van der Waals surface area contributed by atoms with Gasteiger partial charge in [0.2, 0.25) is 28.4 Å². The van der Waals surface area contributed by atoms with Crippen LogP contribution < -0.4 is 0 Å². The van der Waals surface area contributed by atoms with Gasteiger partial charge in [-0.15, -0.1) is 0 Å². The van der Waals surface area contributed by atoms with E-state index < -0.39 is 34.4 Å². The number of amides is 2. The highest BCUT2D eigenvalue weighted by molar-refractivity contribution is 6.70. The van der Waals surface area contributed by atoms with E-state index in [-0.39, 0.29) is 18.4 Å². The fourth-order valence-electron chi connectivity index (χ4n) is 3.23. The number of carbonyl (C=O) groups excluding carboxylic acids is 3. The van der Waals surface area contributed by atoms with Crippen molar-refractivity contribution in [1.29, 1.82) is 0 Å². The molecule has 2 unspecified atom stereocenters. The van der Waals surface area contributed by atoms with Gasteiger partial charge in [0.15, 0.2) is 0 Å². The van der Waals surface area contributed by atoms with E-state index in [0.717, 1.165) is 4.90 Å². The first kappa shape index (κ1) is 20.7. The summed E-state index contributed by atoms with van der Waals surface area (Å²) in [5, 5.41) is 0. The molecule has 26 heavy (non-hydrogen) atoms. The van der Waals surface area contributed by atoms with Gasteiger partial charge >= 0.3 is 5.97 Å². The molecule has 2 rings (SSSR count). The zero-order chi connectivity index (χ0) is 19.9. The molecule has 0 saturated carbocycles. The number of allylic oxidation sites excluding steroid dienone is 2. The molecule has 1 fully saturated rings. The molecule has 2 aliphatic rings. The molecule has 1 heterocycles. The SMILES string of the molecule is COC(=O)CN1C(=O)C2CC(O[Si](C)(C)C)=C(O[Si](C)(C)C)CC2C1=O. The van der Waals surface area contributed by atoms with E-state index in [1.165, 1.54) is 7.11 Å². The lowest BCUT2D eigenvalue weighted by molar-refractivity contribution is -0.151. The van der Waals surface area contributed by atoms with Gasteiger partial charge in [-0.2, -0.15) is 0 Å². The molecule has 0 N–H and O–H groups in total. The van der Waals surface area contributed by atoms with Crippen molar-refractivity contribution in [2.75, 3.05) is 13.7 Å². The number of likely N-dealkylation sites (tertiary alicyclic amines) is 1. The molecular formula is C17H29NO6Si2. The minimum atomic E-state index is -1.90. The molecule has 1 aliphatic heterocycles. The first-order chi connectivity index (χ1) is 11.8. The largest absolute Gasteiger partial charge is 0.545 e. The Morgan fingerprint density at radius 3 is 1.62 bits per heavy atom. The summed E-state index contributed by atoms with van der Waals surface area (Å²) < 4.78 is 17.0. The van der Waals surface area contributed by atoms with Crippen molar-refractivity contribution >= 4 is 34.4 Å². The molecule has 146 valence electrons. The highest BCUT2D eigenvalue weighted by Gasteiger charge is 2.52. The Bertz CT molecular complexity index is 601. The van der Waals surface area contributed by atoms with Crippen molar-refractivity contribution in [3.63, 3.8) is 0 Å². The summed E-state index contributed by atoms with van der Waals surface area (Å²) in [6.07, 6.45) is 0.688. The number of imide groups is 1. The van der Waals surface area contributed by atoms with Gasteiger partial charge in [0.1, 0.15) is 18.1 Å². The van der Waals surface area contributed by atoms with Gasteiger partial charge in [-0.1, -0.05) is 0 Å². The molecule has 2 amide bonds. The number of fused-ring (bicyclic) bond motifs is 1. The lowest BCUT2D eigenvalue weighted by atomic mass is 9.83. The number of nitrogens with zero attached hydrogens (tertiary/aromatic N) is 1. The van der Waals surface area contributed by atoms with Gasteiger partial charge in [-0.25, -0.2) is 0 Å². The Morgan fingerprint density at radius 2 is 1.31 bits per heavy atom. The summed E-state index contributed by atoms with van der Waals surface area (Å²) in [4.78, 5) is 38.0. The lowest BCUT2D eigenvalue weighted by Crippen LogP contribution is -2.36. The number of rotatable bonds is 6. The number of carbonyl (C=O) groups is 3. The summed E-state index contributed by atoms with van der Waals surface area (Å²) in [6, 6.07) is 0. The lowest BCUT2D eigenvalue weighted by Gasteiger charge is -2.34. The standard InChI is InChI=1S/C17H29NO6Si2/c1-22-15(19)10-18-16(20)11-8-13(23-25(2,3)4)14(24-26(5,6)7)9-12(11)17(18)21/h11-12H,8-10H2,1-7H3. The van der Waals surface area contributed by atoms with Gasteiger partial charge in [0, 0.05) is 12.8 Å². The van der Waals surface area contributed by atoms with E-state index in [0.29, 0.717) is 24.4 Å². The molecule has 1 aliphatic carbocycles. The highest BCUT2D eigenvalue weighted by Crippen LogP contribution is 2.43. The second kappa shape index (κ2) is 7.18. The molecular weight excluding hydrogens is 370 g/mol. The quantitative estimate of drug-likeness (QED) is 0.388. The molecule has 9 heteroatoms. The van der Waals surface area contributed by atoms with Gasteiger partial charge in [-0.05, 0) is 39.3 Å². The predicted octanol–water partition coefficient (Wildman–Crippen LogP) is 2.47. The van der Waals surface area contributed by atoms with Crippen LogP contribution in [0.2, 0.25) is 39.3 Å². The van der Waals surface area contributed by atoms with Gasteiger partial charge < -0.3 is 13.6 Å². The van der Waals surface area contributed by atoms with E-state index >= 15 is 0 Å². The van der Waals surface area contributed by atoms with Gasteiger partial charge in [0.05, 0.1) is 18.9 Å². The molecule has 0 aromatic heterocycles. The van der Waals surface area contributed by atoms with Gasteiger partial charge in [-0.3, -0.25) is 19.3 Å².